The molecule has 0 heterocycles. The molecule has 0 radical (unpaired) electrons. The SMILES string of the molecule is O=Cc1ccc(-c2cc(F)ccc2C=O)cc1. The van der Waals surface area contributed by atoms with E-state index in [1.807, 2.05) is 0 Å². The summed E-state index contributed by atoms with van der Waals surface area (Å²) in [5.74, 6) is -0.398. The van der Waals surface area contributed by atoms with Crippen molar-refractivity contribution in [3.05, 3.63) is 59.4 Å². The lowest BCUT2D eigenvalue weighted by atomic mass is 9.99. The fourth-order valence-electron chi connectivity index (χ4n) is 1.62. The van der Waals surface area contributed by atoms with Gasteiger partial charge in [0.05, 0.1) is 0 Å². The van der Waals surface area contributed by atoms with Crippen LogP contribution in [0.15, 0.2) is 42.5 Å². The third kappa shape index (κ3) is 2.28. The van der Waals surface area contributed by atoms with Gasteiger partial charge in [-0.3, -0.25) is 9.59 Å². The molecule has 3 heteroatoms. The summed E-state index contributed by atoms with van der Waals surface area (Å²) in [6.45, 7) is 0. The number of hydrogen-bond acceptors (Lipinski definition) is 2. The van der Waals surface area contributed by atoms with Crippen LogP contribution in [-0.2, 0) is 0 Å². The van der Waals surface area contributed by atoms with Gasteiger partial charge < -0.3 is 0 Å². The van der Waals surface area contributed by atoms with Crippen molar-refractivity contribution < 1.29 is 14.0 Å². The molecule has 0 fully saturated rings. The first-order valence-corrected chi connectivity index (χ1v) is 5.05. The average Bonchev–Trinajstić information content (AvgIpc) is 2.39. The molecule has 0 aliphatic rings. The van der Waals surface area contributed by atoms with Crippen LogP contribution in [0, 0.1) is 5.82 Å². The van der Waals surface area contributed by atoms with Crippen LogP contribution in [0.2, 0.25) is 0 Å². The van der Waals surface area contributed by atoms with Gasteiger partial charge >= 0.3 is 0 Å². The van der Waals surface area contributed by atoms with Gasteiger partial charge in [0.25, 0.3) is 0 Å². The Hall–Kier alpha value is -2.29. The fourth-order valence-corrected chi connectivity index (χ4v) is 1.62. The molecule has 17 heavy (non-hydrogen) atoms. The van der Waals surface area contributed by atoms with Crippen molar-refractivity contribution >= 4 is 12.6 Å². The number of rotatable bonds is 3. The second-order valence-electron chi connectivity index (χ2n) is 3.59. The zero-order valence-corrected chi connectivity index (χ0v) is 8.89. The second kappa shape index (κ2) is 4.70. The first kappa shape index (κ1) is 11.2. The molecule has 0 bridgehead atoms. The molecule has 2 rings (SSSR count). The van der Waals surface area contributed by atoms with Crippen LogP contribution in [0.3, 0.4) is 0 Å². The number of benzene rings is 2. The minimum atomic E-state index is -0.398. The Morgan fingerprint density at radius 1 is 0.882 bits per heavy atom. The lowest BCUT2D eigenvalue weighted by Crippen LogP contribution is -1.89. The van der Waals surface area contributed by atoms with Crippen LogP contribution in [-0.4, -0.2) is 12.6 Å². The molecule has 0 spiro atoms. The van der Waals surface area contributed by atoms with E-state index in [4.69, 9.17) is 0 Å². The van der Waals surface area contributed by atoms with Crippen LogP contribution in [0.25, 0.3) is 11.1 Å². The summed E-state index contributed by atoms with van der Waals surface area (Å²) in [5, 5.41) is 0. The highest BCUT2D eigenvalue weighted by Crippen LogP contribution is 2.23. The molecule has 0 amide bonds. The Morgan fingerprint density at radius 2 is 1.59 bits per heavy atom. The Balaban J connectivity index is 2.54. The van der Waals surface area contributed by atoms with Gasteiger partial charge in [0.1, 0.15) is 12.1 Å². The van der Waals surface area contributed by atoms with Crippen LogP contribution in [0.1, 0.15) is 20.7 Å². The highest BCUT2D eigenvalue weighted by Gasteiger charge is 2.06. The molecule has 2 aromatic rings. The molecule has 0 saturated carbocycles. The summed E-state index contributed by atoms with van der Waals surface area (Å²) in [4.78, 5) is 21.4. The lowest BCUT2D eigenvalue weighted by Gasteiger charge is -2.05. The maximum Gasteiger partial charge on any atom is 0.150 e. The molecule has 2 aromatic carbocycles. The van der Waals surface area contributed by atoms with Crippen molar-refractivity contribution in [3.8, 4) is 11.1 Å². The molecule has 0 unspecified atom stereocenters. The standard InChI is InChI=1S/C14H9FO2/c15-13-6-5-12(9-17)14(7-13)11-3-1-10(8-16)2-4-11/h1-9H. The summed E-state index contributed by atoms with van der Waals surface area (Å²) < 4.78 is 13.1. The number of carbonyl (C=O) groups excluding carboxylic acids is 2. The van der Waals surface area contributed by atoms with Gasteiger partial charge in [-0.15, -0.1) is 0 Å². The fraction of sp³-hybridized carbons (Fsp3) is 0. The van der Waals surface area contributed by atoms with Crippen LogP contribution < -0.4 is 0 Å². The number of carbonyl (C=O) groups is 2. The monoisotopic (exact) mass is 228 g/mol. The topological polar surface area (TPSA) is 34.1 Å². The van der Waals surface area contributed by atoms with E-state index in [-0.39, 0.29) is 0 Å². The molecule has 0 aliphatic carbocycles. The van der Waals surface area contributed by atoms with Gasteiger partial charge in [0.15, 0.2) is 6.29 Å². The van der Waals surface area contributed by atoms with E-state index in [1.54, 1.807) is 24.3 Å². The largest absolute Gasteiger partial charge is 0.298 e. The summed E-state index contributed by atoms with van der Waals surface area (Å²) >= 11 is 0. The van der Waals surface area contributed by atoms with E-state index < -0.39 is 5.82 Å². The van der Waals surface area contributed by atoms with Gasteiger partial charge in [0.2, 0.25) is 0 Å². The van der Waals surface area contributed by atoms with Gasteiger partial charge in [-0.1, -0.05) is 24.3 Å². The normalized spacial score (nSPS) is 9.94. The Labute approximate surface area is 97.7 Å². The minimum Gasteiger partial charge on any atom is -0.298 e. The van der Waals surface area contributed by atoms with Gasteiger partial charge in [-0.05, 0) is 29.3 Å². The predicted octanol–water partition coefficient (Wildman–Crippen LogP) is 3.12. The zero-order chi connectivity index (χ0) is 12.3. The Morgan fingerprint density at radius 3 is 2.18 bits per heavy atom. The van der Waals surface area contributed by atoms with Crippen molar-refractivity contribution in [1.82, 2.24) is 0 Å². The van der Waals surface area contributed by atoms with Gasteiger partial charge in [0, 0.05) is 11.1 Å². The maximum absolute atomic E-state index is 13.1. The van der Waals surface area contributed by atoms with E-state index in [2.05, 4.69) is 0 Å². The van der Waals surface area contributed by atoms with Crippen molar-refractivity contribution in [2.75, 3.05) is 0 Å². The Bertz CT molecular complexity index is 559. The quantitative estimate of drug-likeness (QED) is 0.756. The summed E-state index contributed by atoms with van der Waals surface area (Å²) in [6.07, 6.45) is 1.42. The molecule has 0 aromatic heterocycles. The molecule has 0 saturated heterocycles. The predicted molar refractivity (Wildman–Crippen MR) is 62.6 cm³/mol. The molecule has 2 nitrogen and oxygen atoms in total. The second-order valence-corrected chi connectivity index (χ2v) is 3.59. The lowest BCUT2D eigenvalue weighted by molar-refractivity contribution is 0.111. The van der Waals surface area contributed by atoms with Crippen molar-refractivity contribution in [3.63, 3.8) is 0 Å². The van der Waals surface area contributed by atoms with Crippen molar-refractivity contribution in [1.29, 1.82) is 0 Å². The first-order chi connectivity index (χ1) is 8.24. The van der Waals surface area contributed by atoms with E-state index in [0.717, 1.165) is 6.29 Å². The number of halogens is 1. The highest BCUT2D eigenvalue weighted by atomic mass is 19.1. The van der Waals surface area contributed by atoms with E-state index >= 15 is 0 Å². The minimum absolute atomic E-state index is 0.398. The summed E-state index contributed by atoms with van der Waals surface area (Å²) in [7, 11) is 0. The average molecular weight is 228 g/mol. The van der Waals surface area contributed by atoms with E-state index in [9.17, 15) is 14.0 Å². The maximum atomic E-state index is 13.1. The van der Waals surface area contributed by atoms with E-state index in [1.165, 1.54) is 18.2 Å². The molecular weight excluding hydrogens is 219 g/mol. The summed E-state index contributed by atoms with van der Waals surface area (Å²) in [5.41, 5.74) is 2.19. The smallest absolute Gasteiger partial charge is 0.150 e. The molecular formula is C14H9FO2. The van der Waals surface area contributed by atoms with Crippen molar-refractivity contribution in [2.24, 2.45) is 0 Å². The summed E-state index contributed by atoms with van der Waals surface area (Å²) in [6, 6.07) is 10.6. The highest BCUT2D eigenvalue weighted by molar-refractivity contribution is 5.88. The molecule has 0 atom stereocenters. The van der Waals surface area contributed by atoms with Crippen molar-refractivity contribution in [2.45, 2.75) is 0 Å². The van der Waals surface area contributed by atoms with E-state index in [0.29, 0.717) is 28.5 Å². The molecule has 84 valence electrons. The Kier molecular flexibility index (Phi) is 3.10. The van der Waals surface area contributed by atoms with Gasteiger partial charge in [-0.25, -0.2) is 4.39 Å². The number of hydrogen-bond donors (Lipinski definition) is 0. The number of aldehydes is 2. The van der Waals surface area contributed by atoms with Crippen LogP contribution in [0.4, 0.5) is 4.39 Å². The van der Waals surface area contributed by atoms with Crippen LogP contribution >= 0.6 is 0 Å². The third-order valence-corrected chi connectivity index (χ3v) is 2.50. The zero-order valence-electron chi connectivity index (χ0n) is 8.89. The molecule has 0 aliphatic heterocycles. The van der Waals surface area contributed by atoms with Gasteiger partial charge in [-0.2, -0.15) is 0 Å². The molecule has 0 N–H and O–H groups in total. The third-order valence-electron chi connectivity index (χ3n) is 2.50. The van der Waals surface area contributed by atoms with Crippen LogP contribution in [0.5, 0.6) is 0 Å². The first-order valence-electron chi connectivity index (χ1n) is 5.05.